The molecule has 0 amide bonds. The fourth-order valence-corrected chi connectivity index (χ4v) is 3.48. The van der Waals surface area contributed by atoms with Crippen LogP contribution in [0.4, 0.5) is 0 Å². The second kappa shape index (κ2) is 7.78. The first kappa shape index (κ1) is 16.9. The van der Waals surface area contributed by atoms with Crippen LogP contribution < -0.4 is 0 Å². The lowest BCUT2D eigenvalue weighted by molar-refractivity contribution is 0.0630. The Morgan fingerprint density at radius 3 is 2.50 bits per heavy atom. The molecule has 1 atom stereocenters. The maximum atomic E-state index is 6.10. The fraction of sp³-hybridized carbons (Fsp3) is 0.364. The van der Waals surface area contributed by atoms with E-state index in [1.54, 1.807) is 0 Å². The number of rotatable bonds is 5. The van der Waals surface area contributed by atoms with E-state index < -0.39 is 0 Å². The number of fused-ring (bicyclic) bond motifs is 2. The summed E-state index contributed by atoms with van der Waals surface area (Å²) in [7, 11) is 4.25. The first-order valence-electron chi connectivity index (χ1n) is 8.84. The summed E-state index contributed by atoms with van der Waals surface area (Å²) >= 11 is 0. The molecule has 3 rings (SSSR count). The number of nitrogens with zero attached hydrogens (tertiary/aromatic N) is 1. The predicted molar refractivity (Wildman–Crippen MR) is 101 cm³/mol. The van der Waals surface area contributed by atoms with Crippen molar-refractivity contribution in [1.29, 1.82) is 0 Å². The second-order valence-electron chi connectivity index (χ2n) is 6.60. The molecule has 0 unspecified atom stereocenters. The van der Waals surface area contributed by atoms with Crippen molar-refractivity contribution in [1.82, 2.24) is 4.90 Å². The first-order chi connectivity index (χ1) is 11.7. The number of hydrogen-bond acceptors (Lipinski definition) is 2. The van der Waals surface area contributed by atoms with Crippen LogP contribution in [-0.2, 0) is 11.2 Å². The van der Waals surface area contributed by atoms with Crippen LogP contribution in [0.5, 0.6) is 0 Å². The van der Waals surface area contributed by atoms with Crippen LogP contribution in [0.15, 0.2) is 54.6 Å². The summed E-state index contributed by atoms with van der Waals surface area (Å²) in [6, 6.07) is 17.5. The Bertz CT molecular complexity index is 717. The third-order valence-electron chi connectivity index (χ3n) is 4.60. The Hall–Kier alpha value is -1.90. The molecule has 24 heavy (non-hydrogen) atoms. The lowest BCUT2D eigenvalue weighted by atomic mass is 9.93. The maximum Gasteiger partial charge on any atom is 0.0871 e. The van der Waals surface area contributed by atoms with Crippen molar-refractivity contribution in [3.05, 3.63) is 76.9 Å². The van der Waals surface area contributed by atoms with Crippen molar-refractivity contribution in [3.63, 3.8) is 0 Å². The minimum absolute atomic E-state index is 0.132. The highest BCUT2D eigenvalue weighted by Gasteiger charge is 2.24. The van der Waals surface area contributed by atoms with E-state index in [9.17, 15) is 0 Å². The highest BCUT2D eigenvalue weighted by atomic mass is 16.5. The molecule has 2 aromatic carbocycles. The number of ether oxygens (including phenoxy) is 1. The zero-order valence-electron chi connectivity index (χ0n) is 15.0. The van der Waals surface area contributed by atoms with Crippen molar-refractivity contribution in [3.8, 4) is 0 Å². The predicted octanol–water partition coefficient (Wildman–Crippen LogP) is 4.70. The van der Waals surface area contributed by atoms with Crippen LogP contribution in [0.1, 0.15) is 41.7 Å². The molecule has 0 fully saturated rings. The zero-order chi connectivity index (χ0) is 16.9. The summed E-state index contributed by atoms with van der Waals surface area (Å²) < 4.78 is 6.10. The molecule has 0 radical (unpaired) electrons. The van der Waals surface area contributed by atoms with Gasteiger partial charge in [0, 0.05) is 19.6 Å². The maximum absolute atomic E-state index is 6.10. The van der Waals surface area contributed by atoms with Gasteiger partial charge in [-0.05, 0) is 55.3 Å². The van der Waals surface area contributed by atoms with Gasteiger partial charge in [-0.1, -0.05) is 54.6 Å². The van der Waals surface area contributed by atoms with Crippen LogP contribution in [0.3, 0.4) is 0 Å². The molecule has 0 aliphatic heterocycles. The lowest BCUT2D eigenvalue weighted by Crippen LogP contribution is -2.12. The minimum atomic E-state index is 0.132. The molecule has 0 bridgehead atoms. The van der Waals surface area contributed by atoms with Crippen molar-refractivity contribution in [2.75, 3.05) is 27.2 Å². The quantitative estimate of drug-likeness (QED) is 0.791. The third-order valence-corrected chi connectivity index (χ3v) is 4.60. The van der Waals surface area contributed by atoms with E-state index in [1.165, 1.54) is 27.8 Å². The van der Waals surface area contributed by atoms with E-state index in [0.717, 1.165) is 26.0 Å². The standard InChI is InChI=1S/C22H27NO/c1-4-24-22-16-17-10-5-6-11-18(17)19(14-9-15-23(2)3)20-12-7-8-13-21(20)22/h5-8,10-14,22H,4,9,15-16H2,1-3H3/t22-/m0/s1. The van der Waals surface area contributed by atoms with Gasteiger partial charge in [-0.15, -0.1) is 0 Å². The highest BCUT2D eigenvalue weighted by molar-refractivity contribution is 5.84. The van der Waals surface area contributed by atoms with Gasteiger partial charge in [-0.3, -0.25) is 0 Å². The molecule has 1 aliphatic rings. The van der Waals surface area contributed by atoms with E-state index in [0.29, 0.717) is 0 Å². The Morgan fingerprint density at radius 2 is 1.75 bits per heavy atom. The smallest absolute Gasteiger partial charge is 0.0871 e. The molecule has 0 N–H and O–H groups in total. The van der Waals surface area contributed by atoms with E-state index in [-0.39, 0.29) is 6.10 Å². The largest absolute Gasteiger partial charge is 0.373 e. The third kappa shape index (κ3) is 3.61. The van der Waals surface area contributed by atoms with Crippen molar-refractivity contribution in [2.45, 2.75) is 25.9 Å². The Kier molecular flexibility index (Phi) is 5.49. The molecule has 126 valence electrons. The average molecular weight is 321 g/mol. The molecule has 0 saturated carbocycles. The molecular formula is C22H27NO. The minimum Gasteiger partial charge on any atom is -0.373 e. The van der Waals surface area contributed by atoms with Crippen molar-refractivity contribution >= 4 is 5.57 Å². The molecule has 0 heterocycles. The molecule has 0 spiro atoms. The summed E-state index contributed by atoms with van der Waals surface area (Å²) in [5.41, 5.74) is 6.71. The van der Waals surface area contributed by atoms with Gasteiger partial charge >= 0.3 is 0 Å². The molecular weight excluding hydrogens is 294 g/mol. The Morgan fingerprint density at radius 1 is 1.04 bits per heavy atom. The molecule has 2 heteroatoms. The summed E-state index contributed by atoms with van der Waals surface area (Å²) in [6.45, 7) is 3.87. The van der Waals surface area contributed by atoms with E-state index >= 15 is 0 Å². The van der Waals surface area contributed by atoms with E-state index in [1.807, 2.05) is 0 Å². The van der Waals surface area contributed by atoms with Crippen LogP contribution in [-0.4, -0.2) is 32.1 Å². The summed E-state index contributed by atoms with van der Waals surface area (Å²) in [5.74, 6) is 0. The molecule has 2 aromatic rings. The summed E-state index contributed by atoms with van der Waals surface area (Å²) in [5, 5.41) is 0. The summed E-state index contributed by atoms with van der Waals surface area (Å²) in [6.07, 6.45) is 4.51. The van der Waals surface area contributed by atoms with Gasteiger partial charge in [0.25, 0.3) is 0 Å². The fourth-order valence-electron chi connectivity index (χ4n) is 3.48. The van der Waals surface area contributed by atoms with Crippen molar-refractivity contribution in [2.24, 2.45) is 0 Å². The SMILES string of the molecule is CCO[C@H]1Cc2ccccc2C(=CCCN(C)C)c2ccccc21. The van der Waals surface area contributed by atoms with Crippen LogP contribution in [0.2, 0.25) is 0 Å². The van der Waals surface area contributed by atoms with Gasteiger partial charge < -0.3 is 9.64 Å². The van der Waals surface area contributed by atoms with Gasteiger partial charge in [0.15, 0.2) is 0 Å². The Balaban J connectivity index is 2.11. The highest BCUT2D eigenvalue weighted by Crippen LogP contribution is 2.39. The van der Waals surface area contributed by atoms with E-state index in [2.05, 4.69) is 80.5 Å². The van der Waals surface area contributed by atoms with Gasteiger partial charge in [0.1, 0.15) is 0 Å². The van der Waals surface area contributed by atoms with Gasteiger partial charge in [-0.25, -0.2) is 0 Å². The Labute approximate surface area is 145 Å². The van der Waals surface area contributed by atoms with Crippen LogP contribution in [0, 0.1) is 0 Å². The molecule has 2 nitrogen and oxygen atoms in total. The first-order valence-corrected chi connectivity index (χ1v) is 8.84. The molecule has 0 aromatic heterocycles. The molecule has 1 aliphatic carbocycles. The number of benzene rings is 2. The van der Waals surface area contributed by atoms with Gasteiger partial charge in [0.05, 0.1) is 6.10 Å². The van der Waals surface area contributed by atoms with Crippen LogP contribution in [0.25, 0.3) is 5.57 Å². The number of hydrogen-bond donors (Lipinski definition) is 0. The monoisotopic (exact) mass is 321 g/mol. The molecule has 0 saturated heterocycles. The lowest BCUT2D eigenvalue weighted by Gasteiger charge is -2.18. The topological polar surface area (TPSA) is 12.5 Å². The van der Waals surface area contributed by atoms with Crippen LogP contribution >= 0.6 is 0 Å². The zero-order valence-corrected chi connectivity index (χ0v) is 15.0. The van der Waals surface area contributed by atoms with Gasteiger partial charge in [-0.2, -0.15) is 0 Å². The second-order valence-corrected chi connectivity index (χ2v) is 6.60. The van der Waals surface area contributed by atoms with Crippen molar-refractivity contribution < 1.29 is 4.74 Å². The average Bonchev–Trinajstić information content (AvgIpc) is 2.71. The van der Waals surface area contributed by atoms with E-state index in [4.69, 9.17) is 4.74 Å². The summed E-state index contributed by atoms with van der Waals surface area (Å²) in [4.78, 5) is 2.23. The van der Waals surface area contributed by atoms with Gasteiger partial charge in [0.2, 0.25) is 0 Å². The normalized spacial score (nSPS) is 18.3.